The molecule has 0 spiro atoms. The fraction of sp³-hybridized carbons (Fsp3) is 0.562. The van der Waals surface area contributed by atoms with Gasteiger partial charge in [-0.15, -0.1) is 0 Å². The third-order valence-corrected chi connectivity index (χ3v) is 4.77. The SMILES string of the molecule is COC(=O)c1ccc(N2CCC(C(OC)OC)CC2)cc1Br. The minimum absolute atomic E-state index is 0.129. The minimum Gasteiger partial charge on any atom is -0.465 e. The van der Waals surface area contributed by atoms with E-state index in [1.165, 1.54) is 7.11 Å². The molecule has 0 bridgehead atoms. The van der Waals surface area contributed by atoms with Crippen LogP contribution in [0.25, 0.3) is 0 Å². The van der Waals surface area contributed by atoms with Crippen LogP contribution in [0.2, 0.25) is 0 Å². The van der Waals surface area contributed by atoms with Gasteiger partial charge in [0, 0.05) is 43.4 Å². The predicted octanol–water partition coefficient (Wildman–Crippen LogP) is 3.07. The summed E-state index contributed by atoms with van der Waals surface area (Å²) in [6.07, 6.45) is 1.90. The zero-order chi connectivity index (χ0) is 16.1. The van der Waals surface area contributed by atoms with Crippen LogP contribution >= 0.6 is 15.9 Å². The van der Waals surface area contributed by atoms with Crippen molar-refractivity contribution in [3.05, 3.63) is 28.2 Å². The van der Waals surface area contributed by atoms with E-state index in [0.29, 0.717) is 11.5 Å². The standard InChI is InChI=1S/C16H22BrNO4/c1-20-15(19)13-5-4-12(10-14(13)17)18-8-6-11(7-9-18)16(21-2)22-3/h4-5,10-11,16H,6-9H2,1-3H3. The molecular weight excluding hydrogens is 350 g/mol. The number of methoxy groups -OCH3 is 3. The molecule has 22 heavy (non-hydrogen) atoms. The smallest absolute Gasteiger partial charge is 0.339 e. The van der Waals surface area contributed by atoms with Crippen LogP contribution < -0.4 is 4.90 Å². The highest BCUT2D eigenvalue weighted by Crippen LogP contribution is 2.29. The normalized spacial score (nSPS) is 16.1. The topological polar surface area (TPSA) is 48.0 Å². The number of carbonyl (C=O) groups excluding carboxylic acids is 1. The lowest BCUT2D eigenvalue weighted by Gasteiger charge is -2.36. The van der Waals surface area contributed by atoms with Gasteiger partial charge in [0.15, 0.2) is 6.29 Å². The predicted molar refractivity (Wildman–Crippen MR) is 88.2 cm³/mol. The zero-order valence-corrected chi connectivity index (χ0v) is 14.8. The average Bonchev–Trinajstić information content (AvgIpc) is 2.56. The van der Waals surface area contributed by atoms with Crippen molar-refractivity contribution >= 4 is 27.6 Å². The average molecular weight is 372 g/mol. The van der Waals surface area contributed by atoms with Crippen molar-refractivity contribution in [2.45, 2.75) is 19.1 Å². The first-order valence-corrected chi connectivity index (χ1v) is 8.08. The Bertz CT molecular complexity index is 511. The third kappa shape index (κ3) is 3.80. The Hall–Kier alpha value is -1.11. The maximum atomic E-state index is 11.6. The number of carbonyl (C=O) groups is 1. The van der Waals surface area contributed by atoms with Gasteiger partial charge in [-0.3, -0.25) is 0 Å². The quantitative estimate of drug-likeness (QED) is 0.587. The second-order valence-electron chi connectivity index (χ2n) is 5.32. The number of halogens is 1. The molecule has 0 amide bonds. The highest BCUT2D eigenvalue weighted by Gasteiger charge is 2.27. The van der Waals surface area contributed by atoms with Crippen molar-refractivity contribution in [2.75, 3.05) is 39.3 Å². The summed E-state index contributed by atoms with van der Waals surface area (Å²) in [7, 11) is 4.75. The fourth-order valence-corrected chi connectivity index (χ4v) is 3.42. The van der Waals surface area contributed by atoms with E-state index < -0.39 is 0 Å². The lowest BCUT2D eigenvalue weighted by molar-refractivity contribution is -0.141. The van der Waals surface area contributed by atoms with Crippen molar-refractivity contribution in [3.8, 4) is 0 Å². The summed E-state index contributed by atoms with van der Waals surface area (Å²) < 4.78 is 16.2. The largest absolute Gasteiger partial charge is 0.465 e. The lowest BCUT2D eigenvalue weighted by Crippen LogP contribution is -2.39. The lowest BCUT2D eigenvalue weighted by atomic mass is 9.95. The second kappa shape index (κ2) is 7.94. The summed E-state index contributed by atoms with van der Waals surface area (Å²) in [5, 5.41) is 0. The van der Waals surface area contributed by atoms with Gasteiger partial charge in [0.2, 0.25) is 0 Å². The second-order valence-corrected chi connectivity index (χ2v) is 6.17. The van der Waals surface area contributed by atoms with Gasteiger partial charge in [-0.1, -0.05) is 0 Å². The van der Waals surface area contributed by atoms with Crippen molar-refractivity contribution < 1.29 is 19.0 Å². The summed E-state index contributed by atoms with van der Waals surface area (Å²) in [6.45, 7) is 1.88. The molecule has 0 N–H and O–H groups in total. The highest BCUT2D eigenvalue weighted by atomic mass is 79.9. The Labute approximate surface area is 139 Å². The number of nitrogens with zero attached hydrogens (tertiary/aromatic N) is 1. The van der Waals surface area contributed by atoms with Crippen LogP contribution in [0.4, 0.5) is 5.69 Å². The first-order chi connectivity index (χ1) is 10.6. The van der Waals surface area contributed by atoms with E-state index in [2.05, 4.69) is 20.8 Å². The Morgan fingerprint density at radius 3 is 2.36 bits per heavy atom. The van der Waals surface area contributed by atoms with Crippen LogP contribution in [0.3, 0.4) is 0 Å². The molecule has 5 nitrogen and oxygen atoms in total. The summed E-state index contributed by atoms with van der Waals surface area (Å²) in [6, 6.07) is 5.72. The number of ether oxygens (including phenoxy) is 3. The number of hydrogen-bond acceptors (Lipinski definition) is 5. The number of rotatable bonds is 5. The van der Waals surface area contributed by atoms with E-state index in [1.807, 2.05) is 12.1 Å². The molecule has 0 aliphatic carbocycles. The molecule has 0 aromatic heterocycles. The van der Waals surface area contributed by atoms with Crippen LogP contribution in [0.5, 0.6) is 0 Å². The molecule has 2 rings (SSSR count). The monoisotopic (exact) mass is 371 g/mol. The Morgan fingerprint density at radius 2 is 1.86 bits per heavy atom. The van der Waals surface area contributed by atoms with Gasteiger partial charge in [-0.2, -0.15) is 0 Å². The number of esters is 1. The molecule has 1 aromatic rings. The van der Waals surface area contributed by atoms with Crippen molar-refractivity contribution in [3.63, 3.8) is 0 Å². The molecule has 0 saturated carbocycles. The van der Waals surface area contributed by atoms with Crippen LogP contribution in [0.15, 0.2) is 22.7 Å². The van der Waals surface area contributed by atoms with Crippen molar-refractivity contribution in [1.29, 1.82) is 0 Å². The van der Waals surface area contributed by atoms with Crippen LogP contribution in [-0.4, -0.2) is 46.7 Å². The van der Waals surface area contributed by atoms with Crippen LogP contribution in [0, 0.1) is 5.92 Å². The zero-order valence-electron chi connectivity index (χ0n) is 13.2. The molecule has 1 aliphatic heterocycles. The maximum Gasteiger partial charge on any atom is 0.339 e. The number of anilines is 1. The molecule has 1 aromatic carbocycles. The van der Waals surface area contributed by atoms with Gasteiger partial charge in [0.1, 0.15) is 0 Å². The molecule has 0 radical (unpaired) electrons. The fourth-order valence-electron chi connectivity index (χ4n) is 2.89. The molecule has 6 heteroatoms. The summed E-state index contributed by atoms with van der Waals surface area (Å²) >= 11 is 3.45. The first-order valence-electron chi connectivity index (χ1n) is 7.29. The maximum absolute atomic E-state index is 11.6. The van der Waals surface area contributed by atoms with E-state index in [0.717, 1.165) is 36.1 Å². The number of hydrogen-bond donors (Lipinski definition) is 0. The molecule has 122 valence electrons. The van der Waals surface area contributed by atoms with E-state index in [4.69, 9.17) is 14.2 Å². The highest BCUT2D eigenvalue weighted by molar-refractivity contribution is 9.10. The third-order valence-electron chi connectivity index (χ3n) is 4.11. The summed E-state index contributed by atoms with van der Waals surface area (Å²) in [4.78, 5) is 13.9. The Morgan fingerprint density at radius 1 is 1.23 bits per heavy atom. The molecule has 1 heterocycles. The van der Waals surface area contributed by atoms with Gasteiger partial charge in [0.05, 0.1) is 12.7 Å². The molecule has 1 saturated heterocycles. The number of piperidine rings is 1. The summed E-state index contributed by atoms with van der Waals surface area (Å²) in [5.74, 6) is 0.0872. The van der Waals surface area contributed by atoms with Gasteiger partial charge < -0.3 is 19.1 Å². The van der Waals surface area contributed by atoms with E-state index >= 15 is 0 Å². The van der Waals surface area contributed by atoms with Crippen LogP contribution in [0.1, 0.15) is 23.2 Å². The van der Waals surface area contributed by atoms with Crippen molar-refractivity contribution in [2.24, 2.45) is 5.92 Å². The minimum atomic E-state index is -0.333. The Balaban J connectivity index is 2.02. The molecule has 0 unspecified atom stereocenters. The van der Waals surface area contributed by atoms with Crippen molar-refractivity contribution in [1.82, 2.24) is 0 Å². The van der Waals surface area contributed by atoms with E-state index in [1.54, 1.807) is 20.3 Å². The Kier molecular flexibility index (Phi) is 6.23. The van der Waals surface area contributed by atoms with Gasteiger partial charge in [0.25, 0.3) is 0 Å². The molecule has 0 atom stereocenters. The molecule has 1 aliphatic rings. The summed E-state index contributed by atoms with van der Waals surface area (Å²) in [5.41, 5.74) is 1.64. The van der Waals surface area contributed by atoms with E-state index in [9.17, 15) is 4.79 Å². The van der Waals surface area contributed by atoms with E-state index in [-0.39, 0.29) is 12.3 Å². The number of benzene rings is 1. The molecular formula is C16H22BrNO4. The van der Waals surface area contributed by atoms with Gasteiger partial charge in [-0.05, 0) is 47.0 Å². The molecule has 1 fully saturated rings. The van der Waals surface area contributed by atoms with Gasteiger partial charge in [-0.25, -0.2) is 4.79 Å². The van der Waals surface area contributed by atoms with Crippen LogP contribution in [-0.2, 0) is 14.2 Å². The first kappa shape index (κ1) is 17.2. The van der Waals surface area contributed by atoms with Gasteiger partial charge >= 0.3 is 5.97 Å².